The molecule has 0 bridgehead atoms. The van der Waals surface area contributed by atoms with Gasteiger partial charge in [-0.3, -0.25) is 24.6 Å². The number of thiazole rings is 1. The number of carbonyl (C=O) groups excluding carboxylic acids is 4. The fourth-order valence-electron chi connectivity index (χ4n) is 3.77. The predicted octanol–water partition coefficient (Wildman–Crippen LogP) is 2.71. The molecule has 3 heterocycles. The molecule has 0 spiro atoms. The smallest absolute Gasteiger partial charge is 0.356 e. The molecule has 14 nitrogen and oxygen atoms in total. The number of hydrogen-bond acceptors (Lipinski definition) is 13. The Kier molecular flexibility index (Phi) is 10.5. The molecule has 1 unspecified atom stereocenters. The molecule has 2 amide bonds. The number of nitro benzene ring substituents is 1. The summed E-state index contributed by atoms with van der Waals surface area (Å²) >= 11 is 8.73. The normalized spacial score (nSPS) is 18.1. The molecular weight excluding hydrogens is 614 g/mol. The Morgan fingerprint density at radius 1 is 1.26 bits per heavy atom. The number of nitrogens with zero attached hydrogens (tertiary/aromatic N) is 4. The summed E-state index contributed by atoms with van der Waals surface area (Å²) in [5.41, 5.74) is 1.65. The van der Waals surface area contributed by atoms with Crippen LogP contribution in [-0.4, -0.2) is 74.7 Å². The summed E-state index contributed by atoms with van der Waals surface area (Å²) in [4.78, 5) is 71.5. The van der Waals surface area contributed by atoms with Crippen LogP contribution in [0.5, 0.6) is 0 Å². The maximum atomic E-state index is 13.1. The number of benzene rings is 1. The second kappa shape index (κ2) is 14.2. The number of hydrogen-bond donors (Lipinski definition) is 1. The number of oxime groups is 1. The van der Waals surface area contributed by atoms with Crippen molar-refractivity contribution in [3.63, 3.8) is 0 Å². The number of amides is 2. The van der Waals surface area contributed by atoms with E-state index in [2.05, 4.69) is 15.5 Å². The zero-order chi connectivity index (χ0) is 30.2. The lowest BCUT2D eigenvalue weighted by atomic mass is 10.0. The van der Waals surface area contributed by atoms with Crippen molar-refractivity contribution in [2.45, 2.75) is 37.8 Å². The number of thioether (sulfide) groups is 1. The standard InChI is InChI=1S/C25H24ClN5O9S2/c1-2-3-8-38-18(32)10-40-29-19(17-12-41-13-27-17)22(33)28-20-23(34)30-21(16(26)11-42-24(20)30)25(35)39-9-14-4-6-15(7-5-14)31(36)37/h4-7,12-13,20,24H,2-3,8-11H2,1H3,(H,28,33)/t20?,24-/m1/s1. The molecule has 2 aromatic rings. The number of β-lactam (4-membered cyclic amide) rings is 1. The van der Waals surface area contributed by atoms with Crippen LogP contribution in [0, 0.1) is 10.1 Å². The molecule has 4 rings (SSSR count). The van der Waals surface area contributed by atoms with E-state index in [1.54, 1.807) is 5.38 Å². The average molecular weight is 638 g/mol. The molecule has 0 saturated carbocycles. The Bertz CT molecular complexity index is 1420. The first kappa shape index (κ1) is 30.9. The van der Waals surface area contributed by atoms with Crippen molar-refractivity contribution < 1.29 is 38.4 Å². The first-order chi connectivity index (χ1) is 20.2. The number of fused-ring (bicyclic) bond motifs is 1. The second-order valence-electron chi connectivity index (χ2n) is 8.78. The van der Waals surface area contributed by atoms with Crippen molar-refractivity contribution in [1.82, 2.24) is 15.2 Å². The van der Waals surface area contributed by atoms with E-state index in [4.69, 9.17) is 25.9 Å². The van der Waals surface area contributed by atoms with E-state index in [-0.39, 0.29) is 46.8 Å². The summed E-state index contributed by atoms with van der Waals surface area (Å²) < 4.78 is 10.3. The highest BCUT2D eigenvalue weighted by Gasteiger charge is 2.54. The van der Waals surface area contributed by atoms with Gasteiger partial charge in [-0.15, -0.1) is 23.1 Å². The number of nitro groups is 1. The van der Waals surface area contributed by atoms with Crippen LogP contribution in [-0.2, 0) is 40.1 Å². The number of carbonyl (C=O) groups is 4. The average Bonchev–Trinajstić information content (AvgIpc) is 3.51. The molecule has 1 aromatic heterocycles. The molecular formula is C25H24ClN5O9S2. The van der Waals surface area contributed by atoms with Crippen LogP contribution in [0.25, 0.3) is 0 Å². The lowest BCUT2D eigenvalue weighted by molar-refractivity contribution is -0.384. The van der Waals surface area contributed by atoms with Gasteiger partial charge in [-0.1, -0.05) is 30.1 Å². The predicted molar refractivity (Wildman–Crippen MR) is 151 cm³/mol. The third-order valence-corrected chi connectivity index (χ3v) is 8.25. The highest BCUT2D eigenvalue weighted by Crippen LogP contribution is 2.41. The Morgan fingerprint density at radius 2 is 2.02 bits per heavy atom. The van der Waals surface area contributed by atoms with Crippen molar-refractivity contribution in [1.29, 1.82) is 0 Å². The molecule has 0 radical (unpaired) electrons. The Balaban J connectivity index is 1.38. The van der Waals surface area contributed by atoms with Gasteiger partial charge in [0.1, 0.15) is 29.4 Å². The number of nitrogens with one attached hydrogen (secondary N) is 1. The van der Waals surface area contributed by atoms with Crippen molar-refractivity contribution in [3.8, 4) is 0 Å². The van der Waals surface area contributed by atoms with Crippen molar-refractivity contribution in [2.75, 3.05) is 19.0 Å². The molecule has 222 valence electrons. The molecule has 42 heavy (non-hydrogen) atoms. The van der Waals surface area contributed by atoms with Gasteiger partial charge in [0.2, 0.25) is 6.61 Å². The summed E-state index contributed by atoms with van der Waals surface area (Å²) in [6, 6.07) is 4.43. The lowest BCUT2D eigenvalue weighted by Gasteiger charge is -2.49. The SMILES string of the molecule is CCCCOC(=O)CON=C(C(=O)NC1C(=O)N2C(C(=O)OCc3ccc([N+](=O)[O-])cc3)=C(Cl)CS[C@H]12)c1cscn1. The van der Waals surface area contributed by atoms with Gasteiger partial charge in [0.25, 0.3) is 17.5 Å². The van der Waals surface area contributed by atoms with Gasteiger partial charge < -0.3 is 19.6 Å². The largest absolute Gasteiger partial charge is 0.463 e. The molecule has 1 saturated heterocycles. The first-order valence-electron chi connectivity index (χ1n) is 12.5. The molecule has 17 heteroatoms. The summed E-state index contributed by atoms with van der Waals surface area (Å²) in [5.74, 6) is -2.70. The van der Waals surface area contributed by atoms with Crippen LogP contribution in [0.2, 0.25) is 0 Å². The van der Waals surface area contributed by atoms with E-state index < -0.39 is 46.7 Å². The monoisotopic (exact) mass is 637 g/mol. The molecule has 1 N–H and O–H groups in total. The number of ether oxygens (including phenoxy) is 2. The Morgan fingerprint density at radius 3 is 2.69 bits per heavy atom. The number of esters is 2. The summed E-state index contributed by atoms with van der Waals surface area (Å²) in [7, 11) is 0. The van der Waals surface area contributed by atoms with E-state index in [1.807, 2.05) is 6.92 Å². The summed E-state index contributed by atoms with van der Waals surface area (Å²) in [6.45, 7) is 1.47. The Hall–Kier alpha value is -4.02. The van der Waals surface area contributed by atoms with Gasteiger partial charge in [-0.2, -0.15) is 0 Å². The highest BCUT2D eigenvalue weighted by molar-refractivity contribution is 8.00. The number of rotatable bonds is 13. The van der Waals surface area contributed by atoms with E-state index in [0.717, 1.165) is 11.3 Å². The van der Waals surface area contributed by atoms with Crippen LogP contribution in [0.1, 0.15) is 31.0 Å². The van der Waals surface area contributed by atoms with Gasteiger partial charge in [0, 0.05) is 23.3 Å². The van der Waals surface area contributed by atoms with Gasteiger partial charge in [0.15, 0.2) is 5.71 Å². The van der Waals surface area contributed by atoms with E-state index in [0.29, 0.717) is 12.0 Å². The van der Waals surface area contributed by atoms with Crippen molar-refractivity contribution >= 4 is 69.9 Å². The van der Waals surface area contributed by atoms with Crippen LogP contribution >= 0.6 is 34.7 Å². The fraction of sp³-hybridized carbons (Fsp3) is 0.360. The van der Waals surface area contributed by atoms with Gasteiger partial charge >= 0.3 is 11.9 Å². The first-order valence-corrected chi connectivity index (χ1v) is 14.9. The molecule has 2 aliphatic rings. The Labute approximate surface area is 252 Å². The number of aromatic nitrogens is 1. The van der Waals surface area contributed by atoms with Crippen LogP contribution in [0.3, 0.4) is 0 Å². The number of unbranched alkanes of at least 4 members (excludes halogenated alkanes) is 1. The van der Waals surface area contributed by atoms with E-state index in [1.165, 1.54) is 52.9 Å². The molecule has 2 aliphatic heterocycles. The molecule has 2 atom stereocenters. The number of non-ortho nitro benzene ring substituents is 1. The third kappa shape index (κ3) is 7.24. The van der Waals surface area contributed by atoms with Crippen LogP contribution in [0.4, 0.5) is 5.69 Å². The topological polar surface area (TPSA) is 180 Å². The van der Waals surface area contributed by atoms with Gasteiger partial charge in [-0.05, 0) is 24.1 Å². The maximum absolute atomic E-state index is 13.1. The summed E-state index contributed by atoms with van der Waals surface area (Å²) in [5, 5.41) is 18.2. The molecule has 1 aromatic carbocycles. The summed E-state index contributed by atoms with van der Waals surface area (Å²) in [6.07, 6.45) is 1.55. The van der Waals surface area contributed by atoms with Gasteiger partial charge in [-0.25, -0.2) is 14.6 Å². The molecule has 0 aliphatic carbocycles. The zero-order valence-corrected chi connectivity index (χ0v) is 24.4. The van der Waals surface area contributed by atoms with Crippen molar-refractivity contribution in [2.24, 2.45) is 5.16 Å². The number of halogens is 1. The zero-order valence-electron chi connectivity index (χ0n) is 22.0. The van der Waals surface area contributed by atoms with E-state index >= 15 is 0 Å². The van der Waals surface area contributed by atoms with Gasteiger partial charge in [0.05, 0.1) is 22.1 Å². The quantitative estimate of drug-likeness (QED) is 0.0852. The minimum atomic E-state index is -1.02. The van der Waals surface area contributed by atoms with Crippen LogP contribution in [0.15, 0.2) is 51.0 Å². The molecule has 1 fully saturated rings. The maximum Gasteiger partial charge on any atom is 0.356 e. The second-order valence-corrected chi connectivity index (χ2v) is 11.1. The van der Waals surface area contributed by atoms with E-state index in [9.17, 15) is 29.3 Å². The fourth-order valence-corrected chi connectivity index (χ4v) is 5.85. The van der Waals surface area contributed by atoms with Crippen LogP contribution < -0.4 is 5.32 Å². The highest BCUT2D eigenvalue weighted by atomic mass is 35.5. The lowest BCUT2D eigenvalue weighted by Crippen LogP contribution is -2.71. The minimum Gasteiger partial charge on any atom is -0.463 e. The van der Waals surface area contributed by atoms with Crippen molar-refractivity contribution in [3.05, 3.63) is 67.3 Å². The minimum absolute atomic E-state index is 0.104. The third-order valence-electron chi connectivity index (χ3n) is 5.91.